The Morgan fingerprint density at radius 3 is 2.82 bits per heavy atom. The van der Waals surface area contributed by atoms with Gasteiger partial charge in [-0.1, -0.05) is 6.42 Å². The monoisotopic (exact) mass is 233 g/mol. The summed E-state index contributed by atoms with van der Waals surface area (Å²) in [6.45, 7) is 4.11. The maximum atomic E-state index is 2.86. The number of piperidine rings is 1. The summed E-state index contributed by atoms with van der Waals surface area (Å²) < 4.78 is 2.75. The molecule has 3 atom stereocenters. The van der Waals surface area contributed by atoms with E-state index in [0.717, 1.165) is 17.9 Å². The van der Waals surface area contributed by atoms with Gasteiger partial charge >= 0.3 is 0 Å². The van der Waals surface area contributed by atoms with E-state index in [2.05, 4.69) is 9.48 Å². The van der Waals surface area contributed by atoms with Gasteiger partial charge in [0.15, 0.2) is 0 Å². The molecule has 0 unspecified atom stereocenters. The van der Waals surface area contributed by atoms with Crippen LogP contribution in [0.4, 0.5) is 0 Å². The summed E-state index contributed by atoms with van der Waals surface area (Å²) in [5.41, 5.74) is 0. The van der Waals surface area contributed by atoms with Gasteiger partial charge in [-0.3, -0.25) is 9.48 Å². The van der Waals surface area contributed by atoms with Crippen molar-refractivity contribution in [1.82, 2.24) is 4.90 Å². The Bertz CT molecular complexity index is 345. The smallest absolute Gasteiger partial charge is 0.247 e. The lowest BCUT2D eigenvalue weighted by atomic mass is 9.71. The molecule has 1 saturated heterocycles. The third kappa shape index (κ3) is 1.56. The fourth-order valence-electron chi connectivity index (χ4n) is 5.04. The van der Waals surface area contributed by atoms with E-state index < -0.39 is 0 Å². The van der Waals surface area contributed by atoms with Crippen molar-refractivity contribution < 1.29 is 4.58 Å². The Labute approximate surface area is 105 Å². The fraction of sp³-hybridized carbons (Fsp3) is 0.933. The van der Waals surface area contributed by atoms with Crippen molar-refractivity contribution in [3.05, 3.63) is 0 Å². The highest BCUT2D eigenvalue weighted by atomic mass is 15.3. The van der Waals surface area contributed by atoms with Crippen molar-refractivity contribution in [2.45, 2.75) is 57.4 Å². The van der Waals surface area contributed by atoms with Crippen molar-refractivity contribution in [1.29, 1.82) is 0 Å². The van der Waals surface area contributed by atoms with Gasteiger partial charge in [-0.2, -0.15) is 0 Å². The van der Waals surface area contributed by atoms with Crippen LogP contribution in [-0.2, 0) is 0 Å². The topological polar surface area (TPSA) is 6.25 Å². The Hall–Kier alpha value is -0.530. The van der Waals surface area contributed by atoms with Crippen LogP contribution >= 0.6 is 0 Å². The largest absolute Gasteiger partial charge is 0.265 e. The van der Waals surface area contributed by atoms with Gasteiger partial charge in [-0.05, 0) is 44.4 Å². The van der Waals surface area contributed by atoms with E-state index >= 15 is 0 Å². The van der Waals surface area contributed by atoms with Crippen molar-refractivity contribution >= 4 is 5.84 Å². The number of nitrogens with zero attached hydrogens (tertiary/aromatic N) is 2. The predicted octanol–water partition coefficient (Wildman–Crippen LogP) is 2.48. The molecule has 0 spiro atoms. The fourth-order valence-corrected chi connectivity index (χ4v) is 5.04. The zero-order valence-corrected chi connectivity index (χ0v) is 10.9. The molecule has 2 fully saturated rings. The van der Waals surface area contributed by atoms with Crippen LogP contribution in [0, 0.1) is 11.8 Å². The van der Waals surface area contributed by atoms with Gasteiger partial charge in [-0.25, -0.2) is 0 Å². The number of rotatable bonds is 0. The van der Waals surface area contributed by atoms with Crippen molar-refractivity contribution in [2.75, 3.05) is 19.6 Å². The Morgan fingerprint density at radius 2 is 1.82 bits per heavy atom. The van der Waals surface area contributed by atoms with E-state index in [0.29, 0.717) is 0 Å². The van der Waals surface area contributed by atoms with Crippen molar-refractivity contribution in [2.24, 2.45) is 11.8 Å². The average molecular weight is 233 g/mol. The number of hydrogen-bond donors (Lipinski definition) is 0. The second kappa shape index (κ2) is 4.00. The van der Waals surface area contributed by atoms with E-state index in [1.54, 1.807) is 5.84 Å². The zero-order chi connectivity index (χ0) is 11.2. The second-order valence-electron chi connectivity index (χ2n) is 6.60. The molecule has 0 aromatic carbocycles. The summed E-state index contributed by atoms with van der Waals surface area (Å²) in [5.74, 6) is 3.78. The van der Waals surface area contributed by atoms with Gasteiger partial charge in [0.05, 0.1) is 19.6 Å². The van der Waals surface area contributed by atoms with Gasteiger partial charge in [0.25, 0.3) is 0 Å². The van der Waals surface area contributed by atoms with Crippen molar-refractivity contribution in [3.63, 3.8) is 0 Å². The van der Waals surface area contributed by atoms with Crippen LogP contribution in [0.3, 0.4) is 0 Å². The van der Waals surface area contributed by atoms with Crippen LogP contribution in [0.2, 0.25) is 0 Å². The molecule has 3 aliphatic heterocycles. The number of hydrogen-bond acceptors (Lipinski definition) is 1. The molecule has 1 saturated carbocycles. The van der Waals surface area contributed by atoms with E-state index in [9.17, 15) is 0 Å². The lowest BCUT2D eigenvalue weighted by Crippen LogP contribution is -2.61. The lowest BCUT2D eigenvalue weighted by molar-refractivity contribution is -0.556. The van der Waals surface area contributed by atoms with Crippen LogP contribution in [0.5, 0.6) is 0 Å². The molecule has 0 aromatic rings. The Balaban J connectivity index is 1.72. The van der Waals surface area contributed by atoms with E-state index in [4.69, 9.17) is 0 Å². The average Bonchev–Trinajstić information content (AvgIpc) is 2.39. The van der Waals surface area contributed by atoms with E-state index in [1.165, 1.54) is 71.0 Å². The van der Waals surface area contributed by atoms with Crippen LogP contribution in [-0.4, -0.2) is 41.0 Å². The molecule has 0 aromatic heterocycles. The molecule has 0 N–H and O–H groups in total. The Morgan fingerprint density at radius 1 is 0.941 bits per heavy atom. The van der Waals surface area contributed by atoms with Gasteiger partial charge in [0, 0.05) is 12.3 Å². The van der Waals surface area contributed by atoms with Gasteiger partial charge in [-0.15, -0.1) is 0 Å². The molecule has 0 amide bonds. The summed E-state index contributed by atoms with van der Waals surface area (Å²) in [4.78, 5) is 2.86. The predicted molar refractivity (Wildman–Crippen MR) is 69.4 cm³/mol. The minimum Gasteiger partial charge on any atom is -0.265 e. The Kier molecular flexibility index (Phi) is 2.44. The molecule has 2 nitrogen and oxygen atoms in total. The summed E-state index contributed by atoms with van der Waals surface area (Å²) in [6.07, 6.45) is 11.7. The van der Waals surface area contributed by atoms with Gasteiger partial charge in [0.2, 0.25) is 5.84 Å². The first-order valence-corrected chi connectivity index (χ1v) is 7.81. The maximum absolute atomic E-state index is 2.86. The molecule has 17 heavy (non-hydrogen) atoms. The molecule has 94 valence electrons. The van der Waals surface area contributed by atoms with Crippen LogP contribution in [0.25, 0.3) is 0 Å². The third-order valence-electron chi connectivity index (χ3n) is 5.68. The zero-order valence-electron chi connectivity index (χ0n) is 10.9. The lowest BCUT2D eigenvalue weighted by Gasteiger charge is -2.49. The van der Waals surface area contributed by atoms with Crippen LogP contribution in [0.15, 0.2) is 0 Å². The minimum atomic E-state index is 0.946. The standard InChI is InChI=1S/C15H25N2/c1-2-9-16-11-13-6-3-5-12-7-4-10-17(15(12)13)14(16)8-1/h12-13,15H,1-11H2/q+1/t12-,13+,15+/m1/s1. The molecular formula is C15H25N2+. The first-order valence-electron chi connectivity index (χ1n) is 7.81. The normalized spacial score (nSPS) is 40.9. The van der Waals surface area contributed by atoms with Crippen molar-refractivity contribution in [3.8, 4) is 0 Å². The minimum absolute atomic E-state index is 0.946. The highest BCUT2D eigenvalue weighted by Crippen LogP contribution is 2.41. The molecule has 4 rings (SSSR count). The first-order chi connectivity index (χ1) is 8.43. The SMILES string of the molecule is C1CC[N+]2=C(C1)N1CCC[C@H]3CCC[C@@H](C2)[C@H]31. The highest BCUT2D eigenvalue weighted by Gasteiger charge is 2.49. The van der Waals surface area contributed by atoms with E-state index in [1.807, 2.05) is 0 Å². The number of amidine groups is 1. The molecule has 1 aliphatic carbocycles. The molecule has 0 radical (unpaired) electrons. The molecule has 0 bridgehead atoms. The summed E-state index contributed by atoms with van der Waals surface area (Å²) >= 11 is 0. The highest BCUT2D eigenvalue weighted by molar-refractivity contribution is 5.78. The van der Waals surface area contributed by atoms with Crippen LogP contribution in [0.1, 0.15) is 51.4 Å². The summed E-state index contributed by atoms with van der Waals surface area (Å²) in [5, 5.41) is 0. The van der Waals surface area contributed by atoms with E-state index in [-0.39, 0.29) is 0 Å². The number of fused-ring (bicyclic) bond motifs is 1. The van der Waals surface area contributed by atoms with Gasteiger partial charge in [0.1, 0.15) is 6.04 Å². The molecule has 3 heterocycles. The third-order valence-corrected chi connectivity index (χ3v) is 5.68. The van der Waals surface area contributed by atoms with Gasteiger partial charge < -0.3 is 0 Å². The quantitative estimate of drug-likeness (QED) is 0.583. The maximum Gasteiger partial charge on any atom is 0.247 e. The molecule has 2 heteroatoms. The first kappa shape index (κ1) is 10.4. The molecular weight excluding hydrogens is 208 g/mol. The summed E-state index contributed by atoms with van der Waals surface area (Å²) in [6, 6.07) is 0.946. The van der Waals surface area contributed by atoms with Crippen LogP contribution < -0.4 is 0 Å². The molecule has 4 aliphatic rings. The second-order valence-corrected chi connectivity index (χ2v) is 6.60. The summed E-state index contributed by atoms with van der Waals surface area (Å²) in [7, 11) is 0.